The Morgan fingerprint density at radius 2 is 2.43 bits per heavy atom. The molecule has 0 radical (unpaired) electrons. The molecule has 1 amide bonds. The molecule has 2 N–H and O–H groups in total. The van der Waals surface area contributed by atoms with Crippen molar-refractivity contribution >= 4 is 5.91 Å². The molecule has 2 rings (SSSR count). The minimum atomic E-state index is -0.142. The number of aromatic nitrogens is 2. The lowest BCUT2D eigenvalue weighted by molar-refractivity contribution is 0.0779. The summed E-state index contributed by atoms with van der Waals surface area (Å²) in [7, 11) is 0. The van der Waals surface area contributed by atoms with E-state index in [0.717, 1.165) is 6.42 Å². The Morgan fingerprint density at radius 3 is 2.93 bits per heavy atom. The van der Waals surface area contributed by atoms with Gasteiger partial charge in [0.2, 0.25) is 0 Å². The van der Waals surface area contributed by atoms with E-state index in [9.17, 15) is 4.79 Å². The molecule has 0 bridgehead atoms. The first-order chi connectivity index (χ1) is 6.68. The number of aryl methyl sites for hydroxylation is 1. The summed E-state index contributed by atoms with van der Waals surface area (Å²) in [5.41, 5.74) is 6.52. The van der Waals surface area contributed by atoms with E-state index in [1.807, 2.05) is 0 Å². The zero-order valence-electron chi connectivity index (χ0n) is 7.93. The minimum Gasteiger partial charge on any atom is -0.336 e. The van der Waals surface area contributed by atoms with Crippen LogP contribution in [0, 0.1) is 6.92 Å². The van der Waals surface area contributed by atoms with Crippen LogP contribution in [0.4, 0.5) is 0 Å². The van der Waals surface area contributed by atoms with Gasteiger partial charge in [0.1, 0.15) is 5.69 Å². The van der Waals surface area contributed by atoms with Crippen molar-refractivity contribution in [3.63, 3.8) is 0 Å². The molecule has 1 aliphatic rings. The first-order valence-electron chi connectivity index (χ1n) is 4.52. The quantitative estimate of drug-likeness (QED) is 0.657. The van der Waals surface area contributed by atoms with Gasteiger partial charge in [0.15, 0.2) is 5.69 Å². The van der Waals surface area contributed by atoms with Crippen molar-refractivity contribution in [2.75, 3.05) is 13.1 Å². The van der Waals surface area contributed by atoms with Gasteiger partial charge in [-0.2, -0.15) is 0 Å². The van der Waals surface area contributed by atoms with Crippen LogP contribution in [0.25, 0.3) is 0 Å². The number of hydrogen-bond donors (Lipinski definition) is 1. The molecule has 1 saturated heterocycles. The van der Waals surface area contributed by atoms with Crippen LogP contribution in [-0.4, -0.2) is 40.3 Å². The fourth-order valence-electron chi connectivity index (χ4n) is 1.55. The third kappa shape index (κ3) is 1.48. The molecule has 1 aromatic heterocycles. The van der Waals surface area contributed by atoms with Gasteiger partial charge in [-0.05, 0) is 18.5 Å². The number of nitrogens with two attached hydrogens (primary N) is 1. The highest BCUT2D eigenvalue weighted by molar-refractivity contribution is 5.93. The van der Waals surface area contributed by atoms with Crippen LogP contribution in [0.15, 0.2) is 4.63 Å². The fraction of sp³-hybridized carbons (Fsp3) is 0.625. The summed E-state index contributed by atoms with van der Waals surface area (Å²) < 4.78 is 4.47. The Morgan fingerprint density at radius 1 is 1.64 bits per heavy atom. The maximum absolute atomic E-state index is 11.8. The number of hydrogen-bond acceptors (Lipinski definition) is 5. The summed E-state index contributed by atoms with van der Waals surface area (Å²) in [5, 5.41) is 7.13. The minimum absolute atomic E-state index is 0.0825. The molecule has 14 heavy (non-hydrogen) atoms. The summed E-state index contributed by atoms with van der Waals surface area (Å²) in [6, 6.07) is 0.0825. The zero-order chi connectivity index (χ0) is 10.1. The Balaban J connectivity index is 2.13. The van der Waals surface area contributed by atoms with Gasteiger partial charge in [-0.3, -0.25) is 4.79 Å². The van der Waals surface area contributed by atoms with E-state index in [2.05, 4.69) is 14.9 Å². The van der Waals surface area contributed by atoms with Crippen molar-refractivity contribution in [1.29, 1.82) is 0 Å². The summed E-state index contributed by atoms with van der Waals surface area (Å²) in [6.45, 7) is 2.97. The van der Waals surface area contributed by atoms with Crippen LogP contribution in [0.5, 0.6) is 0 Å². The normalized spacial score (nSPS) is 21.6. The van der Waals surface area contributed by atoms with Crippen LogP contribution in [0.1, 0.15) is 22.6 Å². The fourth-order valence-corrected chi connectivity index (χ4v) is 1.55. The zero-order valence-corrected chi connectivity index (χ0v) is 7.93. The Kier molecular flexibility index (Phi) is 2.20. The third-order valence-electron chi connectivity index (χ3n) is 2.37. The molecular weight excluding hydrogens is 184 g/mol. The van der Waals surface area contributed by atoms with Crippen molar-refractivity contribution in [3.8, 4) is 0 Å². The molecule has 1 aliphatic heterocycles. The van der Waals surface area contributed by atoms with Crippen LogP contribution in [0.2, 0.25) is 0 Å². The molecule has 1 fully saturated rings. The number of likely N-dealkylation sites (tertiary alicyclic amines) is 1. The van der Waals surface area contributed by atoms with E-state index in [-0.39, 0.29) is 11.9 Å². The van der Waals surface area contributed by atoms with Gasteiger partial charge in [0.05, 0.1) is 0 Å². The molecular formula is C8H12N4O2. The number of carbonyl (C=O) groups excluding carboxylic acids is 1. The van der Waals surface area contributed by atoms with Gasteiger partial charge in [0.25, 0.3) is 5.91 Å². The van der Waals surface area contributed by atoms with Crippen LogP contribution < -0.4 is 5.73 Å². The van der Waals surface area contributed by atoms with Gasteiger partial charge in [0, 0.05) is 19.1 Å². The van der Waals surface area contributed by atoms with Gasteiger partial charge in [-0.1, -0.05) is 5.16 Å². The van der Waals surface area contributed by atoms with Gasteiger partial charge < -0.3 is 10.6 Å². The number of amides is 1. The lowest BCUT2D eigenvalue weighted by atomic mass is 10.3. The summed E-state index contributed by atoms with van der Waals surface area (Å²) in [5.74, 6) is -0.142. The molecule has 0 spiro atoms. The summed E-state index contributed by atoms with van der Waals surface area (Å²) in [6.07, 6.45) is 0.843. The SMILES string of the molecule is Cc1nonc1C(=O)N1CC[C@H](N)C1. The summed E-state index contributed by atoms with van der Waals surface area (Å²) >= 11 is 0. The standard InChI is InChI=1S/C8H12N4O2/c1-5-7(11-14-10-5)8(13)12-3-2-6(9)4-12/h6H,2-4,9H2,1H3/t6-/m0/s1. The van der Waals surface area contributed by atoms with E-state index in [1.54, 1.807) is 11.8 Å². The molecule has 2 heterocycles. The third-order valence-corrected chi connectivity index (χ3v) is 2.37. The molecule has 0 unspecified atom stereocenters. The van der Waals surface area contributed by atoms with Gasteiger partial charge >= 0.3 is 0 Å². The maximum atomic E-state index is 11.8. The number of nitrogens with zero attached hydrogens (tertiary/aromatic N) is 3. The molecule has 0 saturated carbocycles. The second-order valence-corrected chi connectivity index (χ2v) is 3.50. The Labute approximate surface area is 81.0 Å². The lowest BCUT2D eigenvalue weighted by Crippen LogP contribution is -2.32. The first-order valence-corrected chi connectivity index (χ1v) is 4.52. The van der Waals surface area contributed by atoms with Crippen molar-refractivity contribution in [2.24, 2.45) is 5.73 Å². The van der Waals surface area contributed by atoms with Crippen molar-refractivity contribution in [2.45, 2.75) is 19.4 Å². The van der Waals surface area contributed by atoms with Crippen molar-refractivity contribution < 1.29 is 9.42 Å². The number of rotatable bonds is 1. The highest BCUT2D eigenvalue weighted by Crippen LogP contribution is 2.12. The molecule has 1 aromatic rings. The molecule has 1 atom stereocenters. The average Bonchev–Trinajstić information content (AvgIpc) is 2.73. The summed E-state index contributed by atoms with van der Waals surface area (Å²) in [4.78, 5) is 13.5. The smallest absolute Gasteiger partial charge is 0.278 e. The highest BCUT2D eigenvalue weighted by atomic mass is 16.6. The molecule has 76 valence electrons. The molecule has 6 nitrogen and oxygen atoms in total. The van der Waals surface area contributed by atoms with E-state index in [4.69, 9.17) is 5.73 Å². The van der Waals surface area contributed by atoms with Gasteiger partial charge in [-0.15, -0.1) is 0 Å². The second kappa shape index (κ2) is 3.38. The van der Waals surface area contributed by atoms with E-state index in [1.165, 1.54) is 0 Å². The van der Waals surface area contributed by atoms with Crippen LogP contribution in [-0.2, 0) is 0 Å². The average molecular weight is 196 g/mol. The van der Waals surface area contributed by atoms with E-state index < -0.39 is 0 Å². The topological polar surface area (TPSA) is 85.2 Å². The maximum Gasteiger partial charge on any atom is 0.278 e. The molecule has 0 aliphatic carbocycles. The lowest BCUT2D eigenvalue weighted by Gasteiger charge is -2.13. The van der Waals surface area contributed by atoms with E-state index >= 15 is 0 Å². The van der Waals surface area contributed by atoms with E-state index in [0.29, 0.717) is 24.5 Å². The highest BCUT2D eigenvalue weighted by Gasteiger charge is 2.27. The van der Waals surface area contributed by atoms with Gasteiger partial charge in [-0.25, -0.2) is 4.63 Å². The first kappa shape index (κ1) is 9.14. The molecule has 0 aromatic carbocycles. The largest absolute Gasteiger partial charge is 0.336 e. The second-order valence-electron chi connectivity index (χ2n) is 3.50. The Hall–Kier alpha value is -1.43. The van der Waals surface area contributed by atoms with Crippen LogP contribution in [0.3, 0.4) is 0 Å². The number of carbonyl (C=O) groups is 1. The van der Waals surface area contributed by atoms with Crippen LogP contribution >= 0.6 is 0 Å². The van der Waals surface area contributed by atoms with Crippen molar-refractivity contribution in [3.05, 3.63) is 11.4 Å². The monoisotopic (exact) mass is 196 g/mol. The Bertz CT molecular complexity index is 349. The predicted molar refractivity (Wildman–Crippen MR) is 47.5 cm³/mol. The predicted octanol–water partition coefficient (Wildman–Crippen LogP) is -0.449. The molecule has 6 heteroatoms. The van der Waals surface area contributed by atoms with Crippen molar-refractivity contribution in [1.82, 2.24) is 15.2 Å².